The number of halogens is 1. The van der Waals surface area contributed by atoms with Crippen LogP contribution in [0.5, 0.6) is 5.75 Å². The van der Waals surface area contributed by atoms with Gasteiger partial charge >= 0.3 is 5.97 Å². The van der Waals surface area contributed by atoms with Gasteiger partial charge in [-0.05, 0) is 60.7 Å². The SMILES string of the molecule is O=C(O)c1cc(=O)c2cccc(C=Cc3ccc(OCCCCc4ccc(F)cc4)cc3)c2o1. The summed E-state index contributed by atoms with van der Waals surface area (Å²) < 4.78 is 24.2. The van der Waals surface area contributed by atoms with Gasteiger partial charge in [0.1, 0.15) is 17.1 Å². The topological polar surface area (TPSA) is 76.7 Å². The van der Waals surface area contributed by atoms with E-state index in [1.165, 1.54) is 12.1 Å². The third kappa shape index (κ3) is 5.78. The number of hydrogen-bond donors (Lipinski definition) is 1. The Labute approximate surface area is 195 Å². The minimum atomic E-state index is -1.29. The maximum atomic E-state index is 12.9. The first-order chi connectivity index (χ1) is 16.5. The molecule has 1 N–H and O–H groups in total. The fourth-order valence-corrected chi connectivity index (χ4v) is 3.57. The maximum absolute atomic E-state index is 12.9. The predicted octanol–water partition coefficient (Wildman–Crippen LogP) is 6.20. The fourth-order valence-electron chi connectivity index (χ4n) is 3.57. The van der Waals surface area contributed by atoms with Crippen LogP contribution in [0.15, 0.2) is 82.0 Å². The van der Waals surface area contributed by atoms with Crippen molar-refractivity contribution in [3.05, 3.63) is 111 Å². The minimum absolute atomic E-state index is 0.221. The highest BCUT2D eigenvalue weighted by atomic mass is 19.1. The number of carboxylic acids is 1. The van der Waals surface area contributed by atoms with Gasteiger partial charge in [0.25, 0.3) is 0 Å². The minimum Gasteiger partial charge on any atom is -0.494 e. The van der Waals surface area contributed by atoms with Gasteiger partial charge in [-0.15, -0.1) is 0 Å². The molecule has 6 heteroatoms. The van der Waals surface area contributed by atoms with E-state index < -0.39 is 17.2 Å². The molecular weight excluding hydrogens is 435 g/mol. The highest BCUT2D eigenvalue weighted by molar-refractivity contribution is 5.91. The Kier molecular flexibility index (Phi) is 7.18. The Morgan fingerprint density at radius 2 is 1.74 bits per heavy atom. The molecule has 0 saturated carbocycles. The Morgan fingerprint density at radius 3 is 2.47 bits per heavy atom. The van der Waals surface area contributed by atoms with Crippen molar-refractivity contribution in [2.75, 3.05) is 6.61 Å². The Bertz CT molecular complexity index is 1370. The molecule has 172 valence electrons. The molecule has 0 bridgehead atoms. The Hall–Kier alpha value is -4.19. The lowest BCUT2D eigenvalue weighted by atomic mass is 10.1. The monoisotopic (exact) mass is 458 g/mol. The molecule has 34 heavy (non-hydrogen) atoms. The number of unbranched alkanes of at least 4 members (excludes halogenated alkanes) is 1. The molecule has 0 amide bonds. The van der Waals surface area contributed by atoms with E-state index in [-0.39, 0.29) is 11.4 Å². The summed E-state index contributed by atoms with van der Waals surface area (Å²) >= 11 is 0. The average Bonchev–Trinajstić information content (AvgIpc) is 2.84. The highest BCUT2D eigenvalue weighted by Gasteiger charge is 2.12. The number of ether oxygens (including phenoxy) is 1. The first-order valence-electron chi connectivity index (χ1n) is 11.0. The molecule has 0 fully saturated rings. The van der Waals surface area contributed by atoms with Crippen molar-refractivity contribution in [1.82, 2.24) is 0 Å². The zero-order valence-corrected chi connectivity index (χ0v) is 18.4. The van der Waals surface area contributed by atoms with Gasteiger partial charge in [0, 0.05) is 11.6 Å². The lowest BCUT2D eigenvalue weighted by Crippen LogP contribution is -2.06. The van der Waals surface area contributed by atoms with E-state index in [4.69, 9.17) is 9.15 Å². The summed E-state index contributed by atoms with van der Waals surface area (Å²) in [5, 5.41) is 9.50. The molecule has 0 atom stereocenters. The van der Waals surface area contributed by atoms with Gasteiger partial charge in [-0.25, -0.2) is 9.18 Å². The van der Waals surface area contributed by atoms with Gasteiger partial charge in [-0.3, -0.25) is 4.79 Å². The molecule has 1 aromatic heterocycles. The van der Waals surface area contributed by atoms with Crippen LogP contribution in [0, 0.1) is 5.82 Å². The zero-order valence-electron chi connectivity index (χ0n) is 18.4. The molecule has 4 aromatic rings. The van der Waals surface area contributed by atoms with Crippen LogP contribution < -0.4 is 10.2 Å². The standard InChI is InChI=1S/C28H23FO5/c29-22-13-8-19(9-14-22)4-1-2-17-33-23-15-10-20(11-16-23)7-12-21-5-3-6-24-25(30)18-26(28(31)32)34-27(21)24/h3,5-16,18H,1-2,4,17H2,(H,31,32). The molecule has 0 aliphatic rings. The maximum Gasteiger partial charge on any atom is 0.371 e. The number of benzene rings is 3. The van der Waals surface area contributed by atoms with Crippen molar-refractivity contribution in [3.8, 4) is 5.75 Å². The molecule has 0 saturated heterocycles. The van der Waals surface area contributed by atoms with Crippen molar-refractivity contribution < 1.29 is 23.4 Å². The van der Waals surface area contributed by atoms with Gasteiger partial charge in [-0.1, -0.05) is 48.6 Å². The lowest BCUT2D eigenvalue weighted by molar-refractivity contribution is 0.0663. The van der Waals surface area contributed by atoms with E-state index in [0.29, 0.717) is 17.6 Å². The van der Waals surface area contributed by atoms with Crippen LogP contribution in [0.1, 0.15) is 40.1 Å². The summed E-state index contributed by atoms with van der Waals surface area (Å²) in [7, 11) is 0. The summed E-state index contributed by atoms with van der Waals surface area (Å²) in [6.45, 7) is 0.595. The Morgan fingerprint density at radius 1 is 0.971 bits per heavy atom. The molecule has 5 nitrogen and oxygen atoms in total. The molecular formula is C28H23FO5. The zero-order chi connectivity index (χ0) is 23.9. The van der Waals surface area contributed by atoms with Crippen molar-refractivity contribution >= 4 is 29.1 Å². The number of carboxylic acid groups (broad SMARTS) is 1. The number of carbonyl (C=O) groups is 1. The number of aryl methyl sites for hydroxylation is 1. The predicted molar refractivity (Wildman–Crippen MR) is 130 cm³/mol. The van der Waals surface area contributed by atoms with Gasteiger partial charge < -0.3 is 14.3 Å². The van der Waals surface area contributed by atoms with Crippen LogP contribution in [0.25, 0.3) is 23.1 Å². The van der Waals surface area contributed by atoms with E-state index in [1.54, 1.807) is 36.4 Å². The third-order valence-electron chi connectivity index (χ3n) is 5.37. The van der Waals surface area contributed by atoms with Crippen molar-refractivity contribution in [2.24, 2.45) is 0 Å². The molecule has 0 spiro atoms. The van der Waals surface area contributed by atoms with Crippen LogP contribution in [-0.2, 0) is 6.42 Å². The average molecular weight is 458 g/mol. The number of hydrogen-bond acceptors (Lipinski definition) is 4. The molecule has 0 unspecified atom stereocenters. The van der Waals surface area contributed by atoms with Crippen molar-refractivity contribution in [3.63, 3.8) is 0 Å². The van der Waals surface area contributed by atoms with E-state index in [9.17, 15) is 19.1 Å². The molecule has 0 radical (unpaired) electrons. The molecule has 4 rings (SSSR count). The van der Waals surface area contributed by atoms with Crippen LogP contribution >= 0.6 is 0 Å². The van der Waals surface area contributed by atoms with Crippen LogP contribution in [-0.4, -0.2) is 17.7 Å². The summed E-state index contributed by atoms with van der Waals surface area (Å²) in [5.41, 5.74) is 2.48. The first-order valence-corrected chi connectivity index (χ1v) is 11.0. The molecule has 3 aromatic carbocycles. The highest BCUT2D eigenvalue weighted by Crippen LogP contribution is 2.21. The molecule has 1 heterocycles. The van der Waals surface area contributed by atoms with E-state index in [2.05, 4.69) is 0 Å². The number of fused-ring (bicyclic) bond motifs is 1. The summed E-state index contributed by atoms with van der Waals surface area (Å²) in [5.74, 6) is -1.14. The first kappa shape index (κ1) is 23.0. The quantitative estimate of drug-likeness (QED) is 0.239. The Balaban J connectivity index is 1.35. The van der Waals surface area contributed by atoms with E-state index >= 15 is 0 Å². The van der Waals surface area contributed by atoms with Crippen LogP contribution in [0.2, 0.25) is 0 Å². The van der Waals surface area contributed by atoms with Crippen LogP contribution in [0.3, 0.4) is 0 Å². The van der Waals surface area contributed by atoms with Gasteiger partial charge in [0.05, 0.1) is 12.0 Å². The molecule has 0 aliphatic carbocycles. The van der Waals surface area contributed by atoms with Gasteiger partial charge in [0.15, 0.2) is 5.43 Å². The smallest absolute Gasteiger partial charge is 0.371 e. The van der Waals surface area contributed by atoms with E-state index in [0.717, 1.165) is 42.2 Å². The number of para-hydroxylation sites is 1. The fraction of sp³-hybridized carbons (Fsp3) is 0.143. The summed E-state index contributed by atoms with van der Waals surface area (Å²) in [6.07, 6.45) is 6.37. The van der Waals surface area contributed by atoms with E-state index in [1.807, 2.05) is 30.3 Å². The van der Waals surface area contributed by atoms with Crippen molar-refractivity contribution in [2.45, 2.75) is 19.3 Å². The second kappa shape index (κ2) is 10.6. The largest absolute Gasteiger partial charge is 0.494 e. The summed E-state index contributed by atoms with van der Waals surface area (Å²) in [6, 6.07) is 20.2. The van der Waals surface area contributed by atoms with Crippen LogP contribution in [0.4, 0.5) is 4.39 Å². The summed E-state index contributed by atoms with van der Waals surface area (Å²) in [4.78, 5) is 23.4. The normalized spacial score (nSPS) is 11.2. The number of rotatable bonds is 9. The number of aromatic carboxylic acids is 1. The second-order valence-electron chi connectivity index (χ2n) is 7.84. The van der Waals surface area contributed by atoms with Gasteiger partial charge in [0.2, 0.25) is 5.76 Å². The second-order valence-corrected chi connectivity index (χ2v) is 7.84. The third-order valence-corrected chi connectivity index (χ3v) is 5.37. The van der Waals surface area contributed by atoms with Crippen molar-refractivity contribution in [1.29, 1.82) is 0 Å². The molecule has 0 aliphatic heterocycles. The van der Waals surface area contributed by atoms with Gasteiger partial charge in [-0.2, -0.15) is 0 Å². The lowest BCUT2D eigenvalue weighted by Gasteiger charge is -2.07.